The van der Waals surface area contributed by atoms with Gasteiger partial charge in [0.1, 0.15) is 0 Å². The number of rotatable bonds is 3. The highest BCUT2D eigenvalue weighted by atomic mass is 16.2. The molecule has 0 radical (unpaired) electrons. The van der Waals surface area contributed by atoms with Gasteiger partial charge in [0.15, 0.2) is 0 Å². The summed E-state index contributed by atoms with van der Waals surface area (Å²) in [4.78, 5) is 33.2. The van der Waals surface area contributed by atoms with Gasteiger partial charge >= 0.3 is 0 Å². The van der Waals surface area contributed by atoms with E-state index in [1.807, 2.05) is 4.90 Å². The van der Waals surface area contributed by atoms with E-state index in [1.54, 1.807) is 6.33 Å². The molecule has 3 rings (SSSR count). The van der Waals surface area contributed by atoms with Crippen LogP contribution in [0.1, 0.15) is 30.7 Å². The molecule has 1 unspecified atom stereocenters. The molecule has 114 valence electrons. The molecule has 1 fully saturated rings. The number of piperidine rings is 1. The topological polar surface area (TPSA) is 90.1 Å². The van der Waals surface area contributed by atoms with Gasteiger partial charge in [0.2, 0.25) is 11.8 Å². The molecule has 1 atom stereocenters. The van der Waals surface area contributed by atoms with Crippen LogP contribution < -0.4 is 10.6 Å². The van der Waals surface area contributed by atoms with E-state index in [1.165, 1.54) is 6.42 Å². The van der Waals surface area contributed by atoms with E-state index in [2.05, 4.69) is 20.6 Å². The van der Waals surface area contributed by atoms with Crippen molar-refractivity contribution in [3.63, 3.8) is 0 Å². The fourth-order valence-electron chi connectivity index (χ4n) is 2.90. The SMILES string of the molecule is O=C(NCC(=O)N1CCCCC1)C1Cc2nc[nH]c2CN1. The molecule has 2 aliphatic rings. The van der Waals surface area contributed by atoms with E-state index in [-0.39, 0.29) is 24.4 Å². The van der Waals surface area contributed by atoms with E-state index >= 15 is 0 Å². The molecular formula is C14H21N5O2. The number of nitrogens with one attached hydrogen (secondary N) is 3. The van der Waals surface area contributed by atoms with Gasteiger partial charge in [0.25, 0.3) is 0 Å². The van der Waals surface area contributed by atoms with E-state index in [0.717, 1.165) is 37.3 Å². The van der Waals surface area contributed by atoms with Crippen LogP contribution in [0.3, 0.4) is 0 Å². The zero-order chi connectivity index (χ0) is 14.7. The Kier molecular flexibility index (Phi) is 4.19. The Balaban J connectivity index is 1.47. The first-order chi connectivity index (χ1) is 10.2. The Morgan fingerprint density at radius 3 is 2.95 bits per heavy atom. The van der Waals surface area contributed by atoms with Crippen LogP contribution in [-0.4, -0.2) is 52.4 Å². The smallest absolute Gasteiger partial charge is 0.241 e. The maximum Gasteiger partial charge on any atom is 0.241 e. The van der Waals surface area contributed by atoms with Crippen LogP contribution in [0, 0.1) is 0 Å². The Morgan fingerprint density at radius 2 is 2.14 bits per heavy atom. The lowest BCUT2D eigenvalue weighted by atomic mass is 10.0. The number of nitrogens with zero attached hydrogens (tertiary/aromatic N) is 2. The summed E-state index contributed by atoms with van der Waals surface area (Å²) in [6.45, 7) is 2.32. The second-order valence-electron chi connectivity index (χ2n) is 5.62. The fourth-order valence-corrected chi connectivity index (χ4v) is 2.90. The van der Waals surface area contributed by atoms with Crippen molar-refractivity contribution in [1.29, 1.82) is 0 Å². The number of imidazole rings is 1. The van der Waals surface area contributed by atoms with Gasteiger partial charge in [0, 0.05) is 26.1 Å². The summed E-state index contributed by atoms with van der Waals surface area (Å²) >= 11 is 0. The van der Waals surface area contributed by atoms with Crippen LogP contribution in [0.2, 0.25) is 0 Å². The predicted octanol–water partition coefficient (Wildman–Crippen LogP) is -0.447. The van der Waals surface area contributed by atoms with Gasteiger partial charge in [0.05, 0.1) is 30.3 Å². The summed E-state index contributed by atoms with van der Waals surface area (Å²) in [6.07, 6.45) is 5.51. The molecule has 21 heavy (non-hydrogen) atoms. The lowest BCUT2D eigenvalue weighted by Gasteiger charge is -2.27. The van der Waals surface area contributed by atoms with E-state index in [4.69, 9.17) is 0 Å². The number of carbonyl (C=O) groups excluding carboxylic acids is 2. The first kappa shape index (κ1) is 14.1. The van der Waals surface area contributed by atoms with Gasteiger partial charge in [-0.1, -0.05) is 0 Å². The van der Waals surface area contributed by atoms with Gasteiger partial charge in [-0.2, -0.15) is 0 Å². The average Bonchev–Trinajstić information content (AvgIpc) is 3.00. The monoisotopic (exact) mass is 291 g/mol. The molecule has 0 saturated carbocycles. The molecule has 0 bridgehead atoms. The van der Waals surface area contributed by atoms with Crippen LogP contribution in [0.15, 0.2) is 6.33 Å². The Morgan fingerprint density at radius 1 is 1.33 bits per heavy atom. The van der Waals surface area contributed by atoms with E-state index in [0.29, 0.717) is 13.0 Å². The molecule has 2 amide bonds. The normalized spacial score (nSPS) is 21.7. The number of carbonyl (C=O) groups is 2. The standard InChI is InChI=1S/C14H21N5O2/c20-13(19-4-2-1-3-5-19)8-16-14(21)11-6-10-12(7-15-11)18-9-17-10/h9,11,15H,1-8H2,(H,16,21)(H,17,18). The number of H-pyrrole nitrogens is 1. The highest BCUT2D eigenvalue weighted by Crippen LogP contribution is 2.12. The predicted molar refractivity (Wildman–Crippen MR) is 76.4 cm³/mol. The molecule has 1 saturated heterocycles. The van der Waals surface area contributed by atoms with Gasteiger partial charge in [-0.05, 0) is 19.3 Å². The maximum absolute atomic E-state index is 12.1. The minimum Gasteiger partial charge on any atom is -0.347 e. The summed E-state index contributed by atoms with van der Waals surface area (Å²) in [5.74, 6) is -0.117. The Labute approximate surface area is 123 Å². The number of amides is 2. The number of aromatic amines is 1. The van der Waals surface area contributed by atoms with Crippen molar-refractivity contribution in [3.05, 3.63) is 17.7 Å². The molecule has 2 aliphatic heterocycles. The third-order valence-corrected chi connectivity index (χ3v) is 4.17. The zero-order valence-electron chi connectivity index (χ0n) is 12.0. The van der Waals surface area contributed by atoms with Gasteiger partial charge < -0.3 is 15.2 Å². The Bertz CT molecular complexity index is 521. The molecule has 0 aromatic carbocycles. The molecular weight excluding hydrogens is 270 g/mol. The van der Waals surface area contributed by atoms with Crippen LogP contribution >= 0.6 is 0 Å². The first-order valence-corrected chi connectivity index (χ1v) is 7.54. The number of hydrogen-bond acceptors (Lipinski definition) is 4. The third kappa shape index (κ3) is 3.24. The molecule has 7 heteroatoms. The minimum absolute atomic E-state index is 0.0133. The summed E-state index contributed by atoms with van der Waals surface area (Å²) < 4.78 is 0. The number of fused-ring (bicyclic) bond motifs is 1. The van der Waals surface area contributed by atoms with Crippen molar-refractivity contribution in [2.24, 2.45) is 0 Å². The summed E-state index contributed by atoms with van der Waals surface area (Å²) in [7, 11) is 0. The van der Waals surface area contributed by atoms with Crippen LogP contribution in [-0.2, 0) is 22.6 Å². The van der Waals surface area contributed by atoms with Crippen molar-refractivity contribution >= 4 is 11.8 Å². The third-order valence-electron chi connectivity index (χ3n) is 4.17. The number of hydrogen-bond donors (Lipinski definition) is 3. The fraction of sp³-hybridized carbons (Fsp3) is 0.643. The maximum atomic E-state index is 12.1. The zero-order valence-corrected chi connectivity index (χ0v) is 12.0. The molecule has 0 aliphatic carbocycles. The van der Waals surface area contributed by atoms with Crippen molar-refractivity contribution in [2.45, 2.75) is 38.3 Å². The first-order valence-electron chi connectivity index (χ1n) is 7.54. The largest absolute Gasteiger partial charge is 0.347 e. The summed E-state index contributed by atoms with van der Waals surface area (Å²) in [5, 5.41) is 5.90. The van der Waals surface area contributed by atoms with Gasteiger partial charge in [-0.3, -0.25) is 14.9 Å². The molecule has 3 heterocycles. The minimum atomic E-state index is -0.310. The number of aromatic nitrogens is 2. The number of likely N-dealkylation sites (tertiary alicyclic amines) is 1. The molecule has 1 aromatic rings. The van der Waals surface area contributed by atoms with Crippen LogP contribution in [0.4, 0.5) is 0 Å². The lowest BCUT2D eigenvalue weighted by Crippen LogP contribution is -2.50. The van der Waals surface area contributed by atoms with Crippen LogP contribution in [0.5, 0.6) is 0 Å². The van der Waals surface area contributed by atoms with Gasteiger partial charge in [-0.15, -0.1) is 0 Å². The quantitative estimate of drug-likeness (QED) is 0.704. The van der Waals surface area contributed by atoms with Crippen molar-refractivity contribution in [2.75, 3.05) is 19.6 Å². The summed E-state index contributed by atoms with van der Waals surface area (Å²) in [5.41, 5.74) is 1.96. The highest BCUT2D eigenvalue weighted by molar-refractivity contribution is 5.87. The van der Waals surface area contributed by atoms with E-state index in [9.17, 15) is 9.59 Å². The second kappa shape index (κ2) is 6.26. The highest BCUT2D eigenvalue weighted by Gasteiger charge is 2.26. The van der Waals surface area contributed by atoms with Crippen LogP contribution in [0.25, 0.3) is 0 Å². The Hall–Kier alpha value is -1.89. The lowest BCUT2D eigenvalue weighted by molar-refractivity contribution is -0.134. The average molecular weight is 291 g/mol. The van der Waals surface area contributed by atoms with Crippen molar-refractivity contribution in [3.8, 4) is 0 Å². The molecule has 3 N–H and O–H groups in total. The summed E-state index contributed by atoms with van der Waals surface area (Å²) in [6, 6.07) is -0.310. The molecule has 1 aromatic heterocycles. The van der Waals surface area contributed by atoms with Crippen molar-refractivity contribution in [1.82, 2.24) is 25.5 Å². The molecule has 7 nitrogen and oxygen atoms in total. The second-order valence-corrected chi connectivity index (χ2v) is 5.62. The van der Waals surface area contributed by atoms with Gasteiger partial charge in [-0.25, -0.2) is 4.98 Å². The van der Waals surface area contributed by atoms with E-state index < -0.39 is 0 Å². The van der Waals surface area contributed by atoms with Crippen molar-refractivity contribution < 1.29 is 9.59 Å². The molecule has 0 spiro atoms.